The number of carbonyl (C=O) groups excluding carboxylic acids is 2. The number of primary amides is 1. The molecule has 0 heterocycles. The fourth-order valence-corrected chi connectivity index (χ4v) is 1.97. The number of benzene rings is 2. The maximum absolute atomic E-state index is 12.3. The topological polar surface area (TPSA) is 81.4 Å². The third-order valence-electron chi connectivity index (χ3n) is 3.58. The number of para-hydroxylation sites is 1. The Kier molecular flexibility index (Phi) is 8.92. The van der Waals surface area contributed by atoms with Crippen LogP contribution in [-0.2, 0) is 4.79 Å². The fourth-order valence-electron chi connectivity index (χ4n) is 1.97. The minimum atomic E-state index is -0.241. The van der Waals surface area contributed by atoms with Gasteiger partial charge in [-0.05, 0) is 43.7 Å². The molecule has 0 saturated heterocycles. The van der Waals surface area contributed by atoms with Crippen molar-refractivity contribution >= 4 is 11.8 Å². The highest BCUT2D eigenvalue weighted by Crippen LogP contribution is 2.19. The molecule has 3 N–H and O–H groups in total. The van der Waals surface area contributed by atoms with Crippen LogP contribution in [0.1, 0.15) is 49.7 Å². The van der Waals surface area contributed by atoms with Gasteiger partial charge < -0.3 is 15.8 Å². The molecule has 5 heteroatoms. The molecule has 0 spiro atoms. The summed E-state index contributed by atoms with van der Waals surface area (Å²) in [7, 11) is 0. The summed E-state index contributed by atoms with van der Waals surface area (Å²) in [5.74, 6) is 0.227. The largest absolute Gasteiger partial charge is 0.493 e. The van der Waals surface area contributed by atoms with Gasteiger partial charge >= 0.3 is 0 Å². The molecular weight excluding hydrogens is 328 g/mol. The van der Waals surface area contributed by atoms with Crippen molar-refractivity contribution < 1.29 is 14.3 Å². The molecule has 2 rings (SSSR count). The van der Waals surface area contributed by atoms with E-state index in [1.54, 1.807) is 26.0 Å². The smallest absolute Gasteiger partial charge is 0.255 e. The monoisotopic (exact) mass is 355 g/mol. The Morgan fingerprint density at radius 2 is 1.81 bits per heavy atom. The zero-order chi connectivity index (χ0) is 19.5. The number of carbonyl (C=O) groups is 2. The molecule has 1 atom stereocenters. The molecule has 26 heavy (non-hydrogen) atoms. The number of ether oxygens (including phenoxy) is 1. The first-order valence-corrected chi connectivity index (χ1v) is 8.64. The zero-order valence-electron chi connectivity index (χ0n) is 15.8. The second-order valence-electron chi connectivity index (χ2n) is 6.02. The van der Waals surface area contributed by atoms with Gasteiger partial charge in [0.15, 0.2) is 0 Å². The van der Waals surface area contributed by atoms with Crippen molar-refractivity contribution in [3.63, 3.8) is 0 Å². The van der Waals surface area contributed by atoms with Crippen LogP contribution in [0.2, 0.25) is 0 Å². The lowest BCUT2D eigenvalue weighted by atomic mass is 10.1. The van der Waals surface area contributed by atoms with E-state index < -0.39 is 0 Å². The Morgan fingerprint density at radius 3 is 2.35 bits per heavy atom. The van der Waals surface area contributed by atoms with Crippen molar-refractivity contribution in [1.29, 1.82) is 0 Å². The quantitative estimate of drug-likeness (QED) is 0.832. The number of hydrogen-bond donors (Lipinski definition) is 2. The van der Waals surface area contributed by atoms with Crippen molar-refractivity contribution in [2.24, 2.45) is 11.7 Å². The molecule has 1 unspecified atom stereocenters. The van der Waals surface area contributed by atoms with Crippen molar-refractivity contribution in [2.45, 2.75) is 33.7 Å². The van der Waals surface area contributed by atoms with E-state index in [0.29, 0.717) is 17.9 Å². The third-order valence-corrected chi connectivity index (χ3v) is 3.58. The predicted octanol–water partition coefficient (Wildman–Crippen LogP) is 3.50. The molecule has 2 aromatic rings. The lowest BCUT2D eigenvalue weighted by Gasteiger charge is -2.16. The Balaban J connectivity index is 0.000000487. The number of amides is 2. The first kappa shape index (κ1) is 21.2. The molecule has 0 fully saturated rings. The summed E-state index contributed by atoms with van der Waals surface area (Å²) in [5.41, 5.74) is 6.38. The van der Waals surface area contributed by atoms with E-state index >= 15 is 0 Å². The number of hydrogen-bond acceptors (Lipinski definition) is 3. The second-order valence-corrected chi connectivity index (χ2v) is 6.02. The van der Waals surface area contributed by atoms with Crippen LogP contribution >= 0.6 is 0 Å². The van der Waals surface area contributed by atoms with Gasteiger partial charge in [-0.1, -0.05) is 44.2 Å². The summed E-state index contributed by atoms with van der Waals surface area (Å²) >= 11 is 0. The van der Waals surface area contributed by atoms with E-state index in [2.05, 4.69) is 11.4 Å². The van der Waals surface area contributed by atoms with Crippen LogP contribution in [0, 0.1) is 12.0 Å². The van der Waals surface area contributed by atoms with Gasteiger partial charge in [0.25, 0.3) is 5.91 Å². The molecule has 0 aromatic heterocycles. The molecule has 0 bridgehead atoms. The van der Waals surface area contributed by atoms with Gasteiger partial charge in [-0.3, -0.25) is 9.59 Å². The highest BCUT2D eigenvalue weighted by molar-refractivity contribution is 5.97. The van der Waals surface area contributed by atoms with Crippen molar-refractivity contribution in [3.8, 4) is 5.75 Å². The first-order chi connectivity index (χ1) is 12.4. The third kappa shape index (κ3) is 6.97. The predicted molar refractivity (Wildman–Crippen MR) is 103 cm³/mol. The van der Waals surface area contributed by atoms with Crippen LogP contribution in [0.25, 0.3) is 0 Å². The molecule has 0 aliphatic heterocycles. The Hall–Kier alpha value is -2.82. The van der Waals surface area contributed by atoms with E-state index in [1.165, 1.54) is 0 Å². The van der Waals surface area contributed by atoms with Gasteiger partial charge in [0.2, 0.25) is 5.91 Å². The summed E-state index contributed by atoms with van der Waals surface area (Å²) < 4.78 is 5.48. The van der Waals surface area contributed by atoms with Crippen LogP contribution in [0.5, 0.6) is 5.75 Å². The van der Waals surface area contributed by atoms with E-state index in [-0.39, 0.29) is 23.8 Å². The van der Waals surface area contributed by atoms with E-state index in [1.807, 2.05) is 50.2 Å². The average molecular weight is 355 g/mol. The molecular formula is C21H27N2O3. The average Bonchev–Trinajstić information content (AvgIpc) is 2.63. The van der Waals surface area contributed by atoms with Gasteiger partial charge in [-0.25, -0.2) is 0 Å². The van der Waals surface area contributed by atoms with Crippen molar-refractivity contribution in [3.05, 3.63) is 65.7 Å². The van der Waals surface area contributed by atoms with Crippen LogP contribution in [-0.4, -0.2) is 18.4 Å². The fraction of sp³-hybridized carbons (Fsp3) is 0.333. The van der Waals surface area contributed by atoms with Crippen molar-refractivity contribution in [2.75, 3.05) is 6.61 Å². The summed E-state index contributed by atoms with van der Waals surface area (Å²) in [4.78, 5) is 22.2. The minimum absolute atomic E-state index is 0.00926. The molecule has 0 saturated carbocycles. The highest BCUT2D eigenvalue weighted by Gasteiger charge is 2.15. The summed E-state index contributed by atoms with van der Waals surface area (Å²) in [6.45, 7) is 7.92. The molecule has 0 aliphatic rings. The van der Waals surface area contributed by atoms with Gasteiger partial charge in [0, 0.05) is 5.92 Å². The molecule has 0 aliphatic carbocycles. The number of nitrogens with one attached hydrogen (secondary N) is 1. The van der Waals surface area contributed by atoms with E-state index in [9.17, 15) is 9.59 Å². The molecule has 2 amide bonds. The summed E-state index contributed by atoms with van der Waals surface area (Å²) in [6, 6.07) is 17.8. The van der Waals surface area contributed by atoms with Crippen LogP contribution < -0.4 is 15.8 Å². The Morgan fingerprint density at radius 1 is 1.15 bits per heavy atom. The second kappa shape index (κ2) is 10.9. The van der Waals surface area contributed by atoms with Gasteiger partial charge in [0.05, 0.1) is 18.2 Å². The SMILES string of the molecule is CC(C)C(N)=O.CCOc1ccccc1C(=O)NC(C)c1c[c]ccc1. The Labute approximate surface area is 155 Å². The van der Waals surface area contributed by atoms with Gasteiger partial charge in [-0.15, -0.1) is 0 Å². The molecule has 2 aromatic carbocycles. The highest BCUT2D eigenvalue weighted by atomic mass is 16.5. The zero-order valence-corrected chi connectivity index (χ0v) is 15.8. The number of nitrogens with two attached hydrogens (primary N) is 1. The van der Waals surface area contributed by atoms with E-state index in [0.717, 1.165) is 5.56 Å². The van der Waals surface area contributed by atoms with Crippen LogP contribution in [0.4, 0.5) is 0 Å². The van der Waals surface area contributed by atoms with Crippen LogP contribution in [0.3, 0.4) is 0 Å². The van der Waals surface area contributed by atoms with Crippen LogP contribution in [0.15, 0.2) is 48.5 Å². The lowest BCUT2D eigenvalue weighted by Crippen LogP contribution is -2.27. The molecule has 1 radical (unpaired) electrons. The normalized spacial score (nSPS) is 11.1. The van der Waals surface area contributed by atoms with Gasteiger partial charge in [-0.2, -0.15) is 0 Å². The summed E-state index contributed by atoms with van der Waals surface area (Å²) in [5, 5.41) is 2.97. The minimum Gasteiger partial charge on any atom is -0.493 e. The Bertz CT molecular complexity index is 699. The van der Waals surface area contributed by atoms with E-state index in [4.69, 9.17) is 10.5 Å². The summed E-state index contributed by atoms with van der Waals surface area (Å²) in [6.07, 6.45) is 0. The molecule has 139 valence electrons. The standard InChI is InChI=1S/C17H18NO2.C4H9NO/c1-3-20-16-12-8-7-11-15(16)17(19)18-13(2)14-9-5-4-6-10-14;1-3(2)4(5)6/h4-5,7-13H,3H2,1-2H3,(H,18,19);3H,1-2H3,(H2,5,6). The first-order valence-electron chi connectivity index (χ1n) is 8.64. The maximum atomic E-state index is 12.3. The molecule has 5 nitrogen and oxygen atoms in total. The lowest BCUT2D eigenvalue weighted by molar-refractivity contribution is -0.120. The van der Waals surface area contributed by atoms with Gasteiger partial charge in [0.1, 0.15) is 5.75 Å². The van der Waals surface area contributed by atoms with Crippen molar-refractivity contribution in [1.82, 2.24) is 5.32 Å². The number of rotatable bonds is 6. The maximum Gasteiger partial charge on any atom is 0.255 e.